The fourth-order valence-corrected chi connectivity index (χ4v) is 10.4. The molecule has 12 N–H and O–H groups in total. The van der Waals surface area contributed by atoms with Crippen LogP contribution in [0.2, 0.25) is 0 Å². The summed E-state index contributed by atoms with van der Waals surface area (Å²) in [6, 6.07) is 1.45. The molecule has 0 aliphatic heterocycles. The van der Waals surface area contributed by atoms with Crippen molar-refractivity contribution in [3.63, 3.8) is 0 Å². The summed E-state index contributed by atoms with van der Waals surface area (Å²) in [5, 5.41) is 44.6. The summed E-state index contributed by atoms with van der Waals surface area (Å²) >= 11 is 0. The third-order valence-corrected chi connectivity index (χ3v) is 16.1. The molecule has 0 saturated carbocycles. The summed E-state index contributed by atoms with van der Waals surface area (Å²) in [5.41, 5.74) is 6.08. The van der Waals surface area contributed by atoms with Crippen LogP contribution in [0.4, 0.5) is 11.6 Å². The quantitative estimate of drug-likeness (QED) is 0.0192. The van der Waals surface area contributed by atoms with Crippen molar-refractivity contribution < 1.29 is 106 Å². The maximum absolute atomic E-state index is 14.2. The number of hydrogen-bond acceptors (Lipinski definition) is 28. The van der Waals surface area contributed by atoms with Crippen LogP contribution in [-0.4, -0.2) is 257 Å². The predicted octanol–water partition coefficient (Wildman–Crippen LogP) is -0.556. The van der Waals surface area contributed by atoms with E-state index in [1.807, 2.05) is 0 Å². The standard InChI is InChI=1S/C60H91N11O23S2/c1-38(29-44(73)9-10-45(59(84)85)67-56(80)40-5-7-42(8-6-40)62-32-43-33-65-53-52(66-43)57(81)71-60(61)70-53)54(78)68-46(34-63-50(76)11-13-88-19-21-92-25-23-90-17-15-86-3)48(74)30-39(2)55(79)69-47(49(75)31-41(58(82)83)36-96-95-28-27-94-37-72)35-64-51(77)12-14-89-20-22-93-26-24-91-18-16-87-4/h5-8,33,38-39,41,45-47,62,72H,9-32,34-37H2,1-4H3,(H,63,76)(H,64,77)(H,67,80)(H,68,78)(H,69,79)(H,82,83)(H,84,85)(H3,61,65,70,71,81)/t38-,39-,41?,45?,46+,47+/m1/s1. The molecule has 3 rings (SSSR count). The van der Waals surface area contributed by atoms with Crippen LogP contribution in [0, 0.1) is 17.8 Å². The molecule has 0 aliphatic carbocycles. The number of rotatable bonds is 57. The van der Waals surface area contributed by atoms with Crippen LogP contribution in [-0.2, 0) is 92.3 Å². The van der Waals surface area contributed by atoms with Crippen molar-refractivity contribution in [1.82, 2.24) is 46.5 Å². The monoisotopic (exact) mass is 1400 g/mol. The van der Waals surface area contributed by atoms with Crippen molar-refractivity contribution in [2.24, 2.45) is 17.8 Å². The number of anilines is 2. The molecular weight excluding hydrogens is 1310 g/mol. The molecule has 2 aromatic heterocycles. The van der Waals surface area contributed by atoms with E-state index in [1.165, 1.54) is 43.0 Å². The molecule has 0 bridgehead atoms. The van der Waals surface area contributed by atoms with Crippen molar-refractivity contribution in [3.05, 3.63) is 52.1 Å². The minimum absolute atomic E-state index is 0.0112. The first-order valence-electron chi connectivity index (χ1n) is 30.9. The molecule has 34 nitrogen and oxygen atoms in total. The van der Waals surface area contributed by atoms with Gasteiger partial charge in [-0.05, 0) is 30.7 Å². The number of H-pyrrole nitrogens is 1. The number of nitrogen functional groups attached to an aromatic ring is 1. The molecule has 536 valence electrons. The van der Waals surface area contributed by atoms with Crippen LogP contribution in [0.1, 0.15) is 74.8 Å². The van der Waals surface area contributed by atoms with Crippen molar-refractivity contribution >= 4 is 103 Å². The van der Waals surface area contributed by atoms with Crippen LogP contribution in [0.15, 0.2) is 35.3 Å². The molecule has 5 amide bonds. The Hall–Kier alpha value is -7.36. The number of nitrogens with zero attached hydrogens (tertiary/aromatic N) is 3. The number of benzene rings is 1. The number of ether oxygens (including phenoxy) is 9. The molecule has 2 unspecified atom stereocenters. The van der Waals surface area contributed by atoms with Gasteiger partial charge in [-0.15, -0.1) is 0 Å². The maximum Gasteiger partial charge on any atom is 0.326 e. The van der Waals surface area contributed by atoms with Gasteiger partial charge in [0.1, 0.15) is 30.7 Å². The van der Waals surface area contributed by atoms with E-state index >= 15 is 0 Å². The molecule has 3 aromatic rings. The summed E-state index contributed by atoms with van der Waals surface area (Å²) in [7, 11) is 5.52. The summed E-state index contributed by atoms with van der Waals surface area (Å²) in [6.07, 6.45) is -1.28. The van der Waals surface area contributed by atoms with Crippen molar-refractivity contribution in [3.8, 4) is 0 Å². The number of carboxylic acid groups (broad SMARTS) is 2. The number of fused-ring (bicyclic) bond motifs is 1. The zero-order chi connectivity index (χ0) is 70.5. The smallest absolute Gasteiger partial charge is 0.326 e. The van der Waals surface area contributed by atoms with Crippen LogP contribution in [0.3, 0.4) is 0 Å². The SMILES string of the molecule is COCCOCCOCCOCCC(=O)NC[C@H](NC(=O)[C@H](C)CC(=O)CCC(NC(=O)c1ccc(NCc2cnc3nc(N)[nH]c(=O)c3n2)cc1)C(=O)O)C(=O)C[C@@H](C)C(=O)N[C@@H](CNC(=O)CCOCCOCCOCCOC)C(=O)CC(CSSCCOCO)C(=O)O. The lowest BCUT2D eigenvalue weighted by molar-refractivity contribution is -0.143. The molecule has 1 aromatic carbocycles. The van der Waals surface area contributed by atoms with Gasteiger partial charge in [0.2, 0.25) is 29.6 Å². The molecule has 6 atom stereocenters. The molecule has 0 radical (unpaired) electrons. The van der Waals surface area contributed by atoms with Gasteiger partial charge in [-0.25, -0.2) is 14.8 Å². The number of methoxy groups -OCH3 is 2. The van der Waals surface area contributed by atoms with Crippen molar-refractivity contribution in [1.29, 1.82) is 0 Å². The first kappa shape index (κ1) is 82.9. The highest BCUT2D eigenvalue weighted by Crippen LogP contribution is 2.26. The molecule has 36 heteroatoms. The van der Waals surface area contributed by atoms with Gasteiger partial charge in [-0.2, -0.15) is 4.98 Å². The highest BCUT2D eigenvalue weighted by molar-refractivity contribution is 8.76. The number of carbonyl (C=O) groups excluding carboxylic acids is 8. The number of ketones is 3. The highest BCUT2D eigenvalue weighted by atomic mass is 33.1. The number of nitrogens with one attached hydrogen (secondary N) is 7. The van der Waals surface area contributed by atoms with Gasteiger partial charge in [0, 0.05) is 100 Å². The fraction of sp³-hybridized carbons (Fsp3) is 0.633. The van der Waals surface area contributed by atoms with Gasteiger partial charge in [0.05, 0.1) is 123 Å². The van der Waals surface area contributed by atoms with Crippen LogP contribution in [0.25, 0.3) is 11.2 Å². The van der Waals surface area contributed by atoms with Gasteiger partial charge < -0.3 is 95.6 Å². The summed E-state index contributed by atoms with van der Waals surface area (Å²) < 4.78 is 47.2. The number of Topliss-reactive ketones (excluding diaryl/α,β-unsaturated/α-hetero) is 3. The average molecular weight is 1400 g/mol. The second kappa shape index (κ2) is 49.2. The highest BCUT2D eigenvalue weighted by Gasteiger charge is 2.32. The second-order valence-corrected chi connectivity index (χ2v) is 23.9. The zero-order valence-electron chi connectivity index (χ0n) is 54.4. The lowest BCUT2D eigenvalue weighted by atomic mass is 9.95. The second-order valence-electron chi connectivity index (χ2n) is 21.3. The third-order valence-electron chi connectivity index (χ3n) is 13.6. The molecule has 0 aliphatic rings. The molecule has 0 fully saturated rings. The topological polar surface area (TPSA) is 484 Å². The molecular formula is C60H91N11O23S2. The Bertz CT molecular complexity index is 2950. The number of aromatic nitrogens is 4. The van der Waals surface area contributed by atoms with Gasteiger partial charge >= 0.3 is 11.9 Å². The largest absolute Gasteiger partial charge is 0.481 e. The Morgan fingerprint density at radius 2 is 1.10 bits per heavy atom. The van der Waals surface area contributed by atoms with E-state index in [2.05, 4.69) is 51.8 Å². The van der Waals surface area contributed by atoms with E-state index in [0.717, 1.165) is 10.8 Å². The van der Waals surface area contributed by atoms with E-state index in [9.17, 15) is 63.0 Å². The number of aliphatic hydroxyl groups excluding tert-OH is 1. The minimum atomic E-state index is -1.53. The number of carboxylic acids is 2. The lowest BCUT2D eigenvalue weighted by Crippen LogP contribution is -2.52. The summed E-state index contributed by atoms with van der Waals surface area (Å²) in [4.78, 5) is 160. The third kappa shape index (κ3) is 35.6. The van der Waals surface area contributed by atoms with Gasteiger partial charge in [-0.1, -0.05) is 35.4 Å². The fourth-order valence-electron chi connectivity index (χ4n) is 8.24. The minimum Gasteiger partial charge on any atom is -0.481 e. The van der Waals surface area contributed by atoms with Gasteiger partial charge in [0.15, 0.2) is 22.7 Å². The Labute approximate surface area is 562 Å². The Balaban J connectivity index is 1.67. The number of nitrogens with two attached hydrogens (primary N) is 1. The van der Waals surface area contributed by atoms with Crippen LogP contribution in [0.5, 0.6) is 0 Å². The predicted molar refractivity (Wildman–Crippen MR) is 348 cm³/mol. The van der Waals surface area contributed by atoms with E-state index in [0.29, 0.717) is 70.0 Å². The molecule has 96 heavy (non-hydrogen) atoms. The molecule has 0 spiro atoms. The van der Waals surface area contributed by atoms with Gasteiger partial charge in [0.25, 0.3) is 11.5 Å². The number of hydrogen-bond donors (Lipinski definition) is 11. The zero-order valence-corrected chi connectivity index (χ0v) is 56.0. The van der Waals surface area contributed by atoms with Crippen molar-refractivity contribution in [2.45, 2.75) is 83.5 Å². The Morgan fingerprint density at radius 1 is 0.594 bits per heavy atom. The normalized spacial score (nSPS) is 13.1. The molecule has 2 heterocycles. The van der Waals surface area contributed by atoms with E-state index < -0.39 is 146 Å². The number of aliphatic carboxylic acids is 2. The first-order chi connectivity index (χ1) is 46.1. The first-order valence-corrected chi connectivity index (χ1v) is 33.3. The van der Waals surface area contributed by atoms with E-state index in [4.69, 9.17) is 53.5 Å². The van der Waals surface area contributed by atoms with Crippen molar-refractivity contribution in [2.75, 3.05) is 156 Å². The maximum atomic E-state index is 14.2. The summed E-state index contributed by atoms with van der Waals surface area (Å²) in [5.74, 6) is -11.8. The number of aliphatic hydroxyl groups is 1. The van der Waals surface area contributed by atoms with E-state index in [1.54, 1.807) is 26.4 Å². The number of carbonyl (C=O) groups is 10. The Morgan fingerprint density at radius 3 is 1.61 bits per heavy atom. The van der Waals surface area contributed by atoms with E-state index in [-0.39, 0.29) is 100 Å². The number of aromatic amines is 1. The summed E-state index contributed by atoms with van der Waals surface area (Å²) in [6.45, 7) is 5.24. The number of amides is 5. The van der Waals surface area contributed by atoms with Gasteiger partial charge in [-0.3, -0.25) is 52.9 Å². The average Bonchev–Trinajstić information content (AvgIpc) is 0.832. The van der Waals surface area contributed by atoms with Crippen LogP contribution < -0.4 is 43.2 Å². The molecule has 0 saturated heterocycles. The Kier molecular flexibility index (Phi) is 42.5. The lowest BCUT2D eigenvalue weighted by Gasteiger charge is -2.24. The van der Waals surface area contributed by atoms with Crippen LogP contribution >= 0.6 is 21.6 Å².